The number of non-ortho nitro benzene ring substituents is 1. The fourth-order valence-corrected chi connectivity index (χ4v) is 4.27. The number of amides is 1. The van der Waals surface area contributed by atoms with Crippen molar-refractivity contribution in [2.24, 2.45) is 0 Å². The van der Waals surface area contributed by atoms with Crippen molar-refractivity contribution in [2.45, 2.75) is 12.5 Å². The number of carbonyl (C=O) groups excluding carboxylic acids is 1. The van der Waals surface area contributed by atoms with E-state index >= 15 is 0 Å². The van der Waals surface area contributed by atoms with Crippen LogP contribution in [0, 0.1) is 10.1 Å². The van der Waals surface area contributed by atoms with Gasteiger partial charge >= 0.3 is 0 Å². The van der Waals surface area contributed by atoms with Crippen LogP contribution in [-0.2, 0) is 0 Å². The zero-order valence-corrected chi connectivity index (χ0v) is 18.6. The van der Waals surface area contributed by atoms with Crippen LogP contribution in [0.2, 0.25) is 0 Å². The molecule has 0 saturated carbocycles. The van der Waals surface area contributed by atoms with Crippen molar-refractivity contribution < 1.29 is 14.1 Å². The van der Waals surface area contributed by atoms with Gasteiger partial charge in [-0.2, -0.15) is 0 Å². The molecule has 3 aromatic rings. The molecule has 31 heavy (non-hydrogen) atoms. The highest BCUT2D eigenvalue weighted by atomic mass is 79.9. The lowest BCUT2D eigenvalue weighted by molar-refractivity contribution is -0.384. The van der Waals surface area contributed by atoms with E-state index in [1.807, 2.05) is 19.0 Å². The highest BCUT2D eigenvalue weighted by molar-refractivity contribution is 9.10. The smallest absolute Gasteiger partial charge is 0.290 e. The number of halogens is 1. The predicted octanol–water partition coefficient (Wildman–Crippen LogP) is 3.96. The molecule has 1 aromatic heterocycles. The summed E-state index contributed by atoms with van der Waals surface area (Å²) in [5.41, 5.74) is 0.919. The van der Waals surface area contributed by atoms with Crippen molar-refractivity contribution in [3.8, 4) is 0 Å². The van der Waals surface area contributed by atoms with Gasteiger partial charge in [0.05, 0.1) is 21.9 Å². The molecule has 0 aliphatic carbocycles. The molecule has 160 valence electrons. The third-order valence-corrected chi connectivity index (χ3v) is 5.84. The van der Waals surface area contributed by atoms with Gasteiger partial charge in [-0.1, -0.05) is 15.9 Å². The van der Waals surface area contributed by atoms with Gasteiger partial charge in [-0.25, -0.2) is 0 Å². The van der Waals surface area contributed by atoms with Gasteiger partial charge in [0.15, 0.2) is 5.43 Å². The first-order valence-electron chi connectivity index (χ1n) is 9.74. The van der Waals surface area contributed by atoms with Gasteiger partial charge in [-0.3, -0.25) is 19.7 Å². The van der Waals surface area contributed by atoms with Gasteiger partial charge < -0.3 is 14.2 Å². The molecular formula is C22H20BrN3O5. The molecule has 0 saturated heterocycles. The van der Waals surface area contributed by atoms with Crippen LogP contribution in [0.4, 0.5) is 5.69 Å². The summed E-state index contributed by atoms with van der Waals surface area (Å²) in [7, 11) is 3.90. The van der Waals surface area contributed by atoms with Crippen LogP contribution in [0.25, 0.3) is 11.0 Å². The minimum absolute atomic E-state index is 0.0352. The summed E-state index contributed by atoms with van der Waals surface area (Å²) in [6.07, 6.45) is 0.704. The lowest BCUT2D eigenvalue weighted by atomic mass is 9.98. The van der Waals surface area contributed by atoms with Crippen molar-refractivity contribution in [3.05, 3.63) is 84.2 Å². The van der Waals surface area contributed by atoms with Gasteiger partial charge in [0.1, 0.15) is 5.58 Å². The summed E-state index contributed by atoms with van der Waals surface area (Å²) in [5.74, 6) is -0.313. The van der Waals surface area contributed by atoms with Crippen LogP contribution in [0.1, 0.15) is 34.1 Å². The highest BCUT2D eigenvalue weighted by Crippen LogP contribution is 2.38. The second-order valence-electron chi connectivity index (χ2n) is 7.72. The summed E-state index contributed by atoms with van der Waals surface area (Å²) >= 11 is 3.37. The SMILES string of the molecule is CN(C)CCCN1C(=O)c2oc3ccc(Br)cc3c(=O)c2C1c1ccc([N+](=O)[O-])cc1. The Bertz CT molecular complexity index is 1240. The van der Waals surface area contributed by atoms with E-state index < -0.39 is 11.0 Å². The van der Waals surface area contributed by atoms with E-state index in [-0.39, 0.29) is 28.3 Å². The van der Waals surface area contributed by atoms with Gasteiger partial charge in [0, 0.05) is 23.2 Å². The summed E-state index contributed by atoms with van der Waals surface area (Å²) in [4.78, 5) is 40.9. The van der Waals surface area contributed by atoms with Crippen LogP contribution in [0.15, 0.2) is 56.1 Å². The Labute approximate surface area is 186 Å². The lowest BCUT2D eigenvalue weighted by Gasteiger charge is -2.25. The molecule has 8 nitrogen and oxygen atoms in total. The second-order valence-corrected chi connectivity index (χ2v) is 8.64. The van der Waals surface area contributed by atoms with E-state index in [9.17, 15) is 19.7 Å². The molecule has 1 amide bonds. The normalized spacial score (nSPS) is 15.7. The number of nitro benzene ring substituents is 1. The zero-order valence-electron chi connectivity index (χ0n) is 17.0. The minimum atomic E-state index is -0.662. The second kappa shape index (κ2) is 8.24. The van der Waals surface area contributed by atoms with Crippen LogP contribution >= 0.6 is 15.9 Å². The van der Waals surface area contributed by atoms with Gasteiger partial charge in [0.2, 0.25) is 5.76 Å². The maximum absolute atomic E-state index is 13.4. The molecule has 4 rings (SSSR count). The number of nitro groups is 1. The third-order valence-electron chi connectivity index (χ3n) is 5.35. The number of nitrogens with zero attached hydrogens (tertiary/aromatic N) is 3. The molecule has 0 bridgehead atoms. The first-order valence-corrected chi connectivity index (χ1v) is 10.5. The van der Waals surface area contributed by atoms with Crippen molar-refractivity contribution in [2.75, 3.05) is 27.2 Å². The molecule has 1 aliphatic rings. The van der Waals surface area contributed by atoms with Gasteiger partial charge in [-0.15, -0.1) is 0 Å². The molecule has 0 radical (unpaired) electrons. The Hall–Kier alpha value is -3.04. The molecule has 0 spiro atoms. The first kappa shape index (κ1) is 21.2. The topological polar surface area (TPSA) is 96.9 Å². The predicted molar refractivity (Wildman–Crippen MR) is 119 cm³/mol. The van der Waals surface area contributed by atoms with E-state index in [0.717, 1.165) is 11.0 Å². The number of fused-ring (bicyclic) bond motifs is 2. The monoisotopic (exact) mass is 485 g/mol. The van der Waals surface area contributed by atoms with Gasteiger partial charge in [0.25, 0.3) is 11.6 Å². The van der Waals surface area contributed by atoms with E-state index in [0.29, 0.717) is 29.5 Å². The molecule has 0 N–H and O–H groups in total. The van der Waals surface area contributed by atoms with Crippen molar-refractivity contribution in [1.29, 1.82) is 0 Å². The third kappa shape index (κ3) is 3.86. The summed E-state index contributed by atoms with van der Waals surface area (Å²) in [5, 5.41) is 11.4. The molecule has 1 aliphatic heterocycles. The Balaban J connectivity index is 1.87. The van der Waals surface area contributed by atoms with Crippen molar-refractivity contribution >= 4 is 38.5 Å². The number of hydrogen-bond donors (Lipinski definition) is 0. The largest absolute Gasteiger partial charge is 0.450 e. The zero-order chi connectivity index (χ0) is 22.3. The number of rotatable bonds is 6. The van der Waals surface area contributed by atoms with Gasteiger partial charge in [-0.05, 0) is 63.0 Å². The van der Waals surface area contributed by atoms with Crippen LogP contribution in [-0.4, -0.2) is 47.8 Å². The Morgan fingerprint density at radius 3 is 2.52 bits per heavy atom. The number of benzene rings is 2. The number of hydrogen-bond acceptors (Lipinski definition) is 6. The lowest BCUT2D eigenvalue weighted by Crippen LogP contribution is -2.32. The van der Waals surface area contributed by atoms with Crippen LogP contribution in [0.3, 0.4) is 0 Å². The maximum Gasteiger partial charge on any atom is 0.290 e. The molecule has 2 aromatic carbocycles. The van der Waals surface area contributed by atoms with E-state index in [1.54, 1.807) is 35.2 Å². The van der Waals surface area contributed by atoms with Crippen LogP contribution in [0.5, 0.6) is 0 Å². The molecule has 0 fully saturated rings. The number of carbonyl (C=O) groups is 1. The quantitative estimate of drug-likeness (QED) is 0.387. The average molecular weight is 486 g/mol. The van der Waals surface area contributed by atoms with E-state index in [4.69, 9.17) is 4.42 Å². The molecule has 9 heteroatoms. The van der Waals surface area contributed by atoms with Crippen molar-refractivity contribution in [3.63, 3.8) is 0 Å². The fourth-order valence-electron chi connectivity index (χ4n) is 3.91. The molecule has 2 heterocycles. The molecular weight excluding hydrogens is 466 g/mol. The summed E-state index contributed by atoms with van der Waals surface area (Å²) in [6.45, 7) is 1.19. The fraction of sp³-hybridized carbons (Fsp3) is 0.273. The Morgan fingerprint density at radius 1 is 1.16 bits per heavy atom. The standard InChI is InChI=1S/C22H20BrN3O5/c1-24(2)10-3-11-25-19(13-4-7-15(8-5-13)26(29)30)18-20(27)16-12-14(23)6-9-17(16)31-21(18)22(25)28/h4-9,12,19H,3,10-11H2,1-2H3. The Kier molecular flexibility index (Phi) is 5.63. The maximum atomic E-state index is 13.4. The first-order chi connectivity index (χ1) is 14.8. The highest BCUT2D eigenvalue weighted by Gasteiger charge is 2.42. The van der Waals surface area contributed by atoms with Crippen LogP contribution < -0.4 is 5.43 Å². The molecule has 1 atom stereocenters. The summed E-state index contributed by atoms with van der Waals surface area (Å²) in [6, 6.07) is 10.4. The Morgan fingerprint density at radius 2 is 1.87 bits per heavy atom. The van der Waals surface area contributed by atoms with E-state index in [1.165, 1.54) is 12.1 Å². The summed E-state index contributed by atoms with van der Waals surface area (Å²) < 4.78 is 6.62. The average Bonchev–Trinajstić information content (AvgIpc) is 3.01. The minimum Gasteiger partial charge on any atom is -0.450 e. The van der Waals surface area contributed by atoms with E-state index in [2.05, 4.69) is 15.9 Å². The van der Waals surface area contributed by atoms with Crippen molar-refractivity contribution in [1.82, 2.24) is 9.80 Å². The molecule has 1 unspecified atom stereocenters.